The van der Waals surface area contributed by atoms with Crippen molar-refractivity contribution >= 4 is 11.6 Å². The largest absolute Gasteiger partial charge is 0.493 e. The van der Waals surface area contributed by atoms with Crippen molar-refractivity contribution in [2.24, 2.45) is 5.92 Å². The molecule has 0 amide bonds. The lowest BCUT2D eigenvalue weighted by Gasteiger charge is -2.12. The summed E-state index contributed by atoms with van der Waals surface area (Å²) in [4.78, 5) is 0. The second-order valence-electron chi connectivity index (χ2n) is 3.82. The lowest BCUT2D eigenvalue weighted by atomic mass is 10.2. The molecule has 2 nitrogen and oxygen atoms in total. The molecule has 0 aromatic heterocycles. The highest BCUT2D eigenvalue weighted by atomic mass is 35.5. The molecule has 3 heteroatoms. The standard InChI is InChI=1S/C12H17ClO2/c1-9(2)8-15-11-5-4-10(7-13)6-12(11)14-3/h4-6,9H,7-8H2,1-3H3. The maximum Gasteiger partial charge on any atom is 0.161 e. The number of rotatable bonds is 5. The molecule has 0 saturated carbocycles. The van der Waals surface area contributed by atoms with E-state index in [1.54, 1.807) is 7.11 Å². The number of benzene rings is 1. The van der Waals surface area contributed by atoms with E-state index in [0.29, 0.717) is 18.4 Å². The Bertz CT molecular complexity index is 310. The minimum absolute atomic E-state index is 0.487. The number of alkyl halides is 1. The topological polar surface area (TPSA) is 18.5 Å². The molecule has 0 heterocycles. The molecule has 1 rings (SSSR count). The van der Waals surface area contributed by atoms with Crippen molar-refractivity contribution in [2.45, 2.75) is 19.7 Å². The van der Waals surface area contributed by atoms with E-state index in [-0.39, 0.29) is 0 Å². The number of methoxy groups -OCH3 is 1. The number of halogens is 1. The molecule has 1 aromatic carbocycles. The van der Waals surface area contributed by atoms with Gasteiger partial charge in [0, 0.05) is 5.88 Å². The van der Waals surface area contributed by atoms with Crippen LogP contribution in [-0.2, 0) is 5.88 Å². The second-order valence-corrected chi connectivity index (χ2v) is 4.09. The molecule has 0 N–H and O–H groups in total. The molecule has 0 aliphatic heterocycles. The molecule has 0 aliphatic carbocycles. The Morgan fingerprint density at radius 1 is 1.27 bits per heavy atom. The van der Waals surface area contributed by atoms with E-state index >= 15 is 0 Å². The zero-order valence-corrected chi connectivity index (χ0v) is 10.2. The van der Waals surface area contributed by atoms with E-state index in [1.165, 1.54) is 0 Å². The smallest absolute Gasteiger partial charge is 0.161 e. The zero-order valence-electron chi connectivity index (χ0n) is 9.42. The lowest BCUT2D eigenvalue weighted by Crippen LogP contribution is -2.05. The van der Waals surface area contributed by atoms with Gasteiger partial charge in [0.15, 0.2) is 11.5 Å². The zero-order chi connectivity index (χ0) is 11.3. The Morgan fingerprint density at radius 2 is 2.00 bits per heavy atom. The molecular weight excluding hydrogens is 212 g/mol. The van der Waals surface area contributed by atoms with E-state index in [0.717, 1.165) is 17.1 Å². The first kappa shape index (κ1) is 12.2. The van der Waals surface area contributed by atoms with Crippen molar-refractivity contribution in [1.29, 1.82) is 0 Å². The summed E-state index contributed by atoms with van der Waals surface area (Å²) in [6, 6.07) is 5.76. The van der Waals surface area contributed by atoms with Gasteiger partial charge in [-0.25, -0.2) is 0 Å². The average molecular weight is 229 g/mol. The van der Waals surface area contributed by atoms with Crippen LogP contribution in [0.1, 0.15) is 19.4 Å². The van der Waals surface area contributed by atoms with E-state index in [9.17, 15) is 0 Å². The minimum atomic E-state index is 0.487. The molecule has 0 atom stereocenters. The van der Waals surface area contributed by atoms with Gasteiger partial charge in [0.1, 0.15) is 0 Å². The van der Waals surface area contributed by atoms with Crippen LogP contribution < -0.4 is 9.47 Å². The van der Waals surface area contributed by atoms with Gasteiger partial charge < -0.3 is 9.47 Å². The quantitative estimate of drug-likeness (QED) is 0.719. The molecule has 84 valence electrons. The molecular formula is C12H17ClO2. The molecule has 0 radical (unpaired) electrons. The fourth-order valence-corrected chi connectivity index (χ4v) is 1.34. The molecule has 0 unspecified atom stereocenters. The molecule has 0 aliphatic rings. The summed E-state index contributed by atoms with van der Waals surface area (Å²) in [5.41, 5.74) is 1.03. The molecule has 1 aromatic rings. The van der Waals surface area contributed by atoms with Gasteiger partial charge in [0.25, 0.3) is 0 Å². The predicted molar refractivity (Wildman–Crippen MR) is 62.9 cm³/mol. The monoisotopic (exact) mass is 228 g/mol. The van der Waals surface area contributed by atoms with E-state index < -0.39 is 0 Å². The summed E-state index contributed by atoms with van der Waals surface area (Å²) in [5.74, 6) is 2.51. The van der Waals surface area contributed by atoms with Gasteiger partial charge in [0.05, 0.1) is 13.7 Å². The summed E-state index contributed by atoms with van der Waals surface area (Å²) in [7, 11) is 1.63. The van der Waals surface area contributed by atoms with Crippen LogP contribution in [0.25, 0.3) is 0 Å². The van der Waals surface area contributed by atoms with Crippen LogP contribution in [-0.4, -0.2) is 13.7 Å². The second kappa shape index (κ2) is 5.86. The highest BCUT2D eigenvalue weighted by molar-refractivity contribution is 6.17. The Hall–Kier alpha value is -0.890. The van der Waals surface area contributed by atoms with Gasteiger partial charge in [-0.1, -0.05) is 19.9 Å². The normalized spacial score (nSPS) is 10.5. The van der Waals surface area contributed by atoms with Crippen LogP contribution in [0, 0.1) is 5.92 Å². The van der Waals surface area contributed by atoms with Crippen LogP contribution in [0.15, 0.2) is 18.2 Å². The van der Waals surface area contributed by atoms with Crippen molar-refractivity contribution in [1.82, 2.24) is 0 Å². The van der Waals surface area contributed by atoms with Gasteiger partial charge in [-0.3, -0.25) is 0 Å². The van der Waals surface area contributed by atoms with E-state index in [1.807, 2.05) is 18.2 Å². The van der Waals surface area contributed by atoms with E-state index in [4.69, 9.17) is 21.1 Å². The first-order chi connectivity index (χ1) is 7.17. The van der Waals surface area contributed by atoms with Crippen LogP contribution in [0.2, 0.25) is 0 Å². The van der Waals surface area contributed by atoms with Crippen LogP contribution in [0.4, 0.5) is 0 Å². The third kappa shape index (κ3) is 3.63. The highest BCUT2D eigenvalue weighted by Gasteiger charge is 2.06. The number of ether oxygens (including phenoxy) is 2. The van der Waals surface area contributed by atoms with Crippen molar-refractivity contribution < 1.29 is 9.47 Å². The van der Waals surface area contributed by atoms with Gasteiger partial charge >= 0.3 is 0 Å². The Morgan fingerprint density at radius 3 is 2.53 bits per heavy atom. The van der Waals surface area contributed by atoms with Crippen molar-refractivity contribution in [3.8, 4) is 11.5 Å². The summed E-state index contributed by atoms with van der Waals surface area (Å²) in [6.45, 7) is 4.91. The minimum Gasteiger partial charge on any atom is -0.493 e. The molecule has 0 bridgehead atoms. The first-order valence-electron chi connectivity index (χ1n) is 5.03. The molecule has 0 spiro atoms. The van der Waals surface area contributed by atoms with Gasteiger partial charge in [-0.2, -0.15) is 0 Å². The van der Waals surface area contributed by atoms with Gasteiger partial charge in [0.2, 0.25) is 0 Å². The fraction of sp³-hybridized carbons (Fsp3) is 0.500. The third-order valence-corrected chi connectivity index (χ3v) is 2.26. The average Bonchev–Trinajstić information content (AvgIpc) is 2.25. The fourth-order valence-electron chi connectivity index (χ4n) is 1.17. The maximum atomic E-state index is 5.74. The van der Waals surface area contributed by atoms with Crippen LogP contribution in [0.5, 0.6) is 11.5 Å². The van der Waals surface area contributed by atoms with Crippen molar-refractivity contribution in [2.75, 3.05) is 13.7 Å². The summed E-state index contributed by atoms with van der Waals surface area (Å²) >= 11 is 5.74. The summed E-state index contributed by atoms with van der Waals surface area (Å²) < 4.78 is 10.9. The summed E-state index contributed by atoms with van der Waals surface area (Å²) in [6.07, 6.45) is 0. The third-order valence-electron chi connectivity index (χ3n) is 1.95. The SMILES string of the molecule is COc1cc(CCl)ccc1OCC(C)C. The van der Waals surface area contributed by atoms with Crippen molar-refractivity contribution in [3.05, 3.63) is 23.8 Å². The maximum absolute atomic E-state index is 5.74. The molecule has 0 saturated heterocycles. The van der Waals surface area contributed by atoms with Crippen LogP contribution in [0.3, 0.4) is 0 Å². The molecule has 15 heavy (non-hydrogen) atoms. The number of hydrogen-bond acceptors (Lipinski definition) is 2. The van der Waals surface area contributed by atoms with Gasteiger partial charge in [-0.05, 0) is 23.6 Å². The highest BCUT2D eigenvalue weighted by Crippen LogP contribution is 2.28. The Balaban J connectivity index is 2.78. The molecule has 0 fully saturated rings. The Kier molecular flexibility index (Phi) is 4.76. The van der Waals surface area contributed by atoms with Crippen molar-refractivity contribution in [3.63, 3.8) is 0 Å². The van der Waals surface area contributed by atoms with E-state index in [2.05, 4.69) is 13.8 Å². The van der Waals surface area contributed by atoms with Crippen LogP contribution >= 0.6 is 11.6 Å². The number of hydrogen-bond donors (Lipinski definition) is 0. The lowest BCUT2D eigenvalue weighted by molar-refractivity contribution is 0.257. The van der Waals surface area contributed by atoms with Gasteiger partial charge in [-0.15, -0.1) is 11.6 Å². The summed E-state index contributed by atoms with van der Waals surface area (Å²) in [5, 5.41) is 0. The first-order valence-corrected chi connectivity index (χ1v) is 5.56. The Labute approximate surface area is 96.2 Å². The predicted octanol–water partition coefficient (Wildman–Crippen LogP) is 3.47.